The smallest absolute Gasteiger partial charge is 0.261 e. The molecule has 0 fully saturated rings. The fourth-order valence-electron chi connectivity index (χ4n) is 1.29. The van der Waals surface area contributed by atoms with Gasteiger partial charge in [0.1, 0.15) is 0 Å². The van der Waals surface area contributed by atoms with Crippen LogP contribution < -0.4 is 15.4 Å². The van der Waals surface area contributed by atoms with Gasteiger partial charge in [0.05, 0.1) is 15.6 Å². The van der Waals surface area contributed by atoms with Crippen molar-refractivity contribution in [2.75, 3.05) is 7.05 Å². The first kappa shape index (κ1) is 11.6. The van der Waals surface area contributed by atoms with Gasteiger partial charge >= 0.3 is 11.8 Å². The molecule has 2 rings (SSSR count). The van der Waals surface area contributed by atoms with Crippen LogP contribution in [0.1, 0.15) is 0 Å². The van der Waals surface area contributed by atoms with Gasteiger partial charge in [-0.3, -0.25) is 9.59 Å². The highest BCUT2D eigenvalue weighted by Gasteiger charge is 2.17. The zero-order valence-corrected chi connectivity index (χ0v) is 9.48. The molecule has 0 radical (unpaired) electrons. The second-order valence-electron chi connectivity index (χ2n) is 3.19. The predicted molar refractivity (Wildman–Crippen MR) is 55.0 cm³/mol. The highest BCUT2D eigenvalue weighted by Crippen LogP contribution is 2.02. The van der Waals surface area contributed by atoms with Crippen LogP contribution in [-0.2, 0) is 19.6 Å². The van der Waals surface area contributed by atoms with Crippen LogP contribution in [0.2, 0.25) is 0 Å². The lowest BCUT2D eigenvalue weighted by atomic mass is 10.3. The van der Waals surface area contributed by atoms with Crippen LogP contribution in [0.15, 0.2) is 33.1 Å². The molecule has 1 aromatic rings. The van der Waals surface area contributed by atoms with Crippen molar-refractivity contribution in [3.8, 4) is 0 Å². The summed E-state index contributed by atoms with van der Waals surface area (Å²) in [6.07, 6.45) is 0. The van der Waals surface area contributed by atoms with E-state index in [-0.39, 0.29) is 15.6 Å². The summed E-state index contributed by atoms with van der Waals surface area (Å²) in [5.41, 5.74) is 0. The Morgan fingerprint density at radius 1 is 1.06 bits per heavy atom. The maximum atomic E-state index is 11.5. The maximum absolute atomic E-state index is 11.5. The molecule has 0 bridgehead atoms. The Labute approximate surface area is 95.9 Å². The first-order valence-corrected chi connectivity index (χ1v) is 6.02. The minimum atomic E-state index is -3.61. The van der Waals surface area contributed by atoms with E-state index in [0.717, 1.165) is 0 Å². The third-order valence-corrected chi connectivity index (χ3v) is 3.56. The van der Waals surface area contributed by atoms with Crippen LogP contribution >= 0.6 is 0 Å². The number of sulfonamides is 1. The van der Waals surface area contributed by atoms with E-state index < -0.39 is 21.8 Å². The SMILES string of the molecule is CNS(=O)(=O)c1ccc2c(c1)=NC(=O)C(=O)N=2. The van der Waals surface area contributed by atoms with Crippen molar-refractivity contribution in [1.82, 2.24) is 4.72 Å². The normalized spacial score (nSPS) is 14.9. The van der Waals surface area contributed by atoms with Gasteiger partial charge in [-0.05, 0) is 25.2 Å². The number of carbonyl (C=O) groups excluding carboxylic acids is 2. The molecule has 0 atom stereocenters. The van der Waals surface area contributed by atoms with E-state index in [0.29, 0.717) is 0 Å². The van der Waals surface area contributed by atoms with Crippen molar-refractivity contribution in [3.05, 3.63) is 28.9 Å². The predicted octanol–water partition coefficient (Wildman–Crippen LogP) is -2.10. The fraction of sp³-hybridized carbons (Fsp3) is 0.111. The molecule has 1 aliphatic heterocycles. The summed E-state index contributed by atoms with van der Waals surface area (Å²) < 4.78 is 25.1. The van der Waals surface area contributed by atoms with Gasteiger partial charge in [0.2, 0.25) is 10.0 Å². The topological polar surface area (TPSA) is 105 Å². The molecule has 0 spiro atoms. The molecule has 0 saturated carbocycles. The summed E-state index contributed by atoms with van der Waals surface area (Å²) in [7, 11) is -2.34. The number of nitrogens with zero attached hydrogens (tertiary/aromatic N) is 2. The Kier molecular flexibility index (Phi) is 2.60. The van der Waals surface area contributed by atoms with Crippen LogP contribution in [0.3, 0.4) is 0 Å². The lowest BCUT2D eigenvalue weighted by molar-refractivity contribution is -0.135. The molecule has 1 aromatic carbocycles. The van der Waals surface area contributed by atoms with Crippen LogP contribution in [-0.4, -0.2) is 27.3 Å². The largest absolute Gasteiger partial charge is 0.338 e. The molecule has 8 heteroatoms. The van der Waals surface area contributed by atoms with Gasteiger partial charge in [-0.15, -0.1) is 0 Å². The Balaban J connectivity index is 2.74. The molecule has 17 heavy (non-hydrogen) atoms. The molecule has 0 unspecified atom stereocenters. The minimum Gasteiger partial charge on any atom is -0.261 e. The Hall–Kier alpha value is -1.93. The number of hydrogen-bond donors (Lipinski definition) is 1. The lowest BCUT2D eigenvalue weighted by Gasteiger charge is -2.02. The van der Waals surface area contributed by atoms with E-state index >= 15 is 0 Å². The Morgan fingerprint density at radius 2 is 1.65 bits per heavy atom. The van der Waals surface area contributed by atoms with Crippen molar-refractivity contribution < 1.29 is 18.0 Å². The van der Waals surface area contributed by atoms with E-state index in [1.165, 1.54) is 25.2 Å². The van der Waals surface area contributed by atoms with Gasteiger partial charge in [0.15, 0.2) is 0 Å². The highest BCUT2D eigenvalue weighted by atomic mass is 32.2. The number of benzene rings is 1. The second-order valence-corrected chi connectivity index (χ2v) is 5.08. The summed E-state index contributed by atoms with van der Waals surface area (Å²) in [5, 5.41) is 0.260. The molecule has 0 aromatic heterocycles. The minimum absolute atomic E-state index is 0.0418. The second kappa shape index (κ2) is 3.82. The summed E-state index contributed by atoms with van der Waals surface area (Å²) in [5.74, 6) is -1.96. The molecular weight excluding hydrogens is 246 g/mol. The standard InChI is InChI=1S/C9H7N3O4S/c1-10-17(15,16)5-2-3-6-7(4-5)12-9(14)8(13)11-6/h2-4,10H,1H3. The van der Waals surface area contributed by atoms with Gasteiger partial charge in [-0.1, -0.05) is 0 Å². The molecule has 1 N–H and O–H groups in total. The molecule has 7 nitrogen and oxygen atoms in total. The average molecular weight is 253 g/mol. The van der Waals surface area contributed by atoms with E-state index in [4.69, 9.17) is 0 Å². The fourth-order valence-corrected chi connectivity index (χ4v) is 2.04. The number of fused-ring (bicyclic) bond motifs is 1. The number of rotatable bonds is 2. The van der Waals surface area contributed by atoms with Gasteiger partial charge < -0.3 is 0 Å². The summed E-state index contributed by atoms with van der Waals surface area (Å²) in [6.45, 7) is 0. The van der Waals surface area contributed by atoms with Crippen molar-refractivity contribution in [2.24, 2.45) is 9.98 Å². The quantitative estimate of drug-likeness (QED) is 0.609. The summed E-state index contributed by atoms with van der Waals surface area (Å²) >= 11 is 0. The number of amides is 2. The van der Waals surface area contributed by atoms with Crippen molar-refractivity contribution in [1.29, 1.82) is 0 Å². The first-order valence-electron chi connectivity index (χ1n) is 4.53. The molecule has 1 heterocycles. The highest BCUT2D eigenvalue weighted by molar-refractivity contribution is 7.89. The van der Waals surface area contributed by atoms with Crippen molar-refractivity contribution >= 4 is 21.8 Å². The molecular formula is C9H7N3O4S. The van der Waals surface area contributed by atoms with E-state index in [1.54, 1.807) is 0 Å². The zero-order chi connectivity index (χ0) is 12.6. The van der Waals surface area contributed by atoms with Gasteiger partial charge in [0.25, 0.3) is 0 Å². The van der Waals surface area contributed by atoms with Crippen molar-refractivity contribution in [3.63, 3.8) is 0 Å². The monoisotopic (exact) mass is 253 g/mol. The van der Waals surface area contributed by atoms with Crippen LogP contribution in [0.25, 0.3) is 0 Å². The van der Waals surface area contributed by atoms with E-state index in [2.05, 4.69) is 14.7 Å². The number of carbonyl (C=O) groups is 2. The van der Waals surface area contributed by atoms with E-state index in [9.17, 15) is 18.0 Å². The van der Waals surface area contributed by atoms with Crippen LogP contribution in [0.5, 0.6) is 0 Å². The molecule has 1 aliphatic rings. The Bertz CT molecular complexity index is 736. The molecule has 2 amide bonds. The van der Waals surface area contributed by atoms with Crippen molar-refractivity contribution in [2.45, 2.75) is 4.90 Å². The first-order chi connectivity index (χ1) is 7.94. The average Bonchev–Trinajstić information content (AvgIpc) is 2.30. The lowest BCUT2D eigenvalue weighted by Crippen LogP contribution is -2.35. The molecule has 88 valence electrons. The van der Waals surface area contributed by atoms with Gasteiger partial charge in [-0.25, -0.2) is 23.1 Å². The third kappa shape index (κ3) is 1.99. The van der Waals surface area contributed by atoms with Crippen LogP contribution in [0.4, 0.5) is 0 Å². The molecule has 0 saturated heterocycles. The number of hydrogen-bond acceptors (Lipinski definition) is 4. The third-order valence-electron chi connectivity index (χ3n) is 2.15. The Morgan fingerprint density at radius 3 is 2.24 bits per heavy atom. The maximum Gasteiger partial charge on any atom is 0.338 e. The van der Waals surface area contributed by atoms with Crippen LogP contribution in [0, 0.1) is 0 Å². The van der Waals surface area contributed by atoms with Gasteiger partial charge in [-0.2, -0.15) is 0 Å². The number of nitrogens with one attached hydrogen (secondary N) is 1. The zero-order valence-electron chi connectivity index (χ0n) is 8.67. The van der Waals surface area contributed by atoms with Gasteiger partial charge in [0, 0.05) is 0 Å². The summed E-state index contributed by atoms with van der Waals surface area (Å²) in [6, 6.07) is 3.80. The molecule has 0 aliphatic carbocycles. The summed E-state index contributed by atoms with van der Waals surface area (Å²) in [4.78, 5) is 28.9. The van der Waals surface area contributed by atoms with E-state index in [1.807, 2.05) is 0 Å².